The molecule has 1 N–H and O–H groups in total. The molecule has 0 aliphatic rings. The molecule has 5 nitrogen and oxygen atoms in total. The molecular weight excluding hydrogens is 365 g/mol. The van der Waals surface area contributed by atoms with Crippen LogP contribution in [-0.4, -0.2) is 16.2 Å². The molecule has 2 aromatic heterocycles. The molecule has 1 amide bonds. The molecule has 4 rings (SSSR count). The van der Waals surface area contributed by atoms with Gasteiger partial charge in [-0.3, -0.25) is 4.79 Å². The number of nitrogens with zero attached hydrogens (tertiary/aromatic N) is 2. The number of carbonyl (C=O) groups is 1. The second-order valence-corrected chi connectivity index (χ2v) is 6.59. The average Bonchev–Trinajstić information content (AvgIpc) is 3.21. The smallest absolute Gasteiger partial charge is 0.268 e. The van der Waals surface area contributed by atoms with Gasteiger partial charge in [-0.05, 0) is 40.6 Å². The Hall–Kier alpha value is -2.77. The van der Waals surface area contributed by atoms with E-state index in [4.69, 9.17) is 16.2 Å². The molecule has 0 saturated carbocycles. The van der Waals surface area contributed by atoms with E-state index in [0.29, 0.717) is 21.2 Å². The molecule has 0 aliphatic carbocycles. The highest BCUT2D eigenvalue weighted by Gasteiger charge is 2.21. The van der Waals surface area contributed by atoms with Gasteiger partial charge in [0.25, 0.3) is 5.91 Å². The summed E-state index contributed by atoms with van der Waals surface area (Å²) in [6.45, 7) is 0. The molecule has 0 bridgehead atoms. The van der Waals surface area contributed by atoms with Gasteiger partial charge in [0.15, 0.2) is 5.69 Å². The number of hydrogen-bond donors (Lipinski definition) is 1. The Morgan fingerprint density at radius 3 is 2.64 bits per heavy atom. The molecule has 4 aromatic rings. The Morgan fingerprint density at radius 1 is 1.12 bits per heavy atom. The summed E-state index contributed by atoms with van der Waals surface area (Å²) in [5, 5.41) is 11.3. The summed E-state index contributed by atoms with van der Waals surface area (Å²) in [6, 6.07) is 13.1. The van der Waals surface area contributed by atoms with Crippen molar-refractivity contribution < 1.29 is 13.8 Å². The number of rotatable bonds is 3. The van der Waals surface area contributed by atoms with Gasteiger partial charge in [0, 0.05) is 15.6 Å². The SMILES string of the molecule is O=C(Nc1nonc1-c1ccc(F)cc1)c1sc2ccccc2c1Cl. The zero-order valence-corrected chi connectivity index (χ0v) is 14.1. The first-order valence-electron chi connectivity index (χ1n) is 7.20. The third-order valence-corrected chi connectivity index (χ3v) is 5.25. The number of amides is 1. The Bertz CT molecular complexity index is 1080. The summed E-state index contributed by atoms with van der Waals surface area (Å²) in [4.78, 5) is 13.0. The number of anilines is 1. The minimum absolute atomic E-state index is 0.144. The van der Waals surface area contributed by atoms with Crippen molar-refractivity contribution in [1.82, 2.24) is 10.3 Å². The van der Waals surface area contributed by atoms with Crippen LogP contribution in [0.4, 0.5) is 10.2 Å². The van der Waals surface area contributed by atoms with Gasteiger partial charge in [0.05, 0.1) is 5.02 Å². The van der Waals surface area contributed by atoms with Crippen molar-refractivity contribution >= 4 is 44.7 Å². The van der Waals surface area contributed by atoms with Gasteiger partial charge in [-0.2, -0.15) is 0 Å². The fourth-order valence-corrected chi connectivity index (χ4v) is 3.80. The molecule has 124 valence electrons. The van der Waals surface area contributed by atoms with Gasteiger partial charge in [-0.1, -0.05) is 29.8 Å². The van der Waals surface area contributed by atoms with Crippen molar-refractivity contribution in [2.24, 2.45) is 0 Å². The molecule has 0 saturated heterocycles. The zero-order chi connectivity index (χ0) is 17.4. The van der Waals surface area contributed by atoms with Crippen LogP contribution >= 0.6 is 22.9 Å². The van der Waals surface area contributed by atoms with E-state index in [1.54, 1.807) is 0 Å². The van der Waals surface area contributed by atoms with Crippen LogP contribution in [0.5, 0.6) is 0 Å². The summed E-state index contributed by atoms with van der Waals surface area (Å²) < 4.78 is 18.7. The summed E-state index contributed by atoms with van der Waals surface area (Å²) in [5.41, 5.74) is 0.881. The third kappa shape index (κ3) is 2.88. The lowest BCUT2D eigenvalue weighted by Gasteiger charge is -2.02. The molecule has 2 aromatic carbocycles. The average molecular weight is 374 g/mol. The van der Waals surface area contributed by atoms with Crippen molar-refractivity contribution in [3.63, 3.8) is 0 Å². The summed E-state index contributed by atoms with van der Waals surface area (Å²) in [7, 11) is 0. The number of benzene rings is 2. The van der Waals surface area contributed by atoms with Crippen LogP contribution in [0, 0.1) is 5.82 Å². The number of fused-ring (bicyclic) bond motifs is 1. The minimum atomic E-state index is -0.412. The molecule has 0 atom stereocenters. The van der Waals surface area contributed by atoms with Crippen LogP contribution in [0.25, 0.3) is 21.3 Å². The zero-order valence-electron chi connectivity index (χ0n) is 12.5. The monoisotopic (exact) mass is 373 g/mol. The van der Waals surface area contributed by atoms with Crippen LogP contribution in [0.1, 0.15) is 9.67 Å². The van der Waals surface area contributed by atoms with Crippen molar-refractivity contribution in [1.29, 1.82) is 0 Å². The molecule has 8 heteroatoms. The van der Waals surface area contributed by atoms with Crippen LogP contribution in [-0.2, 0) is 0 Å². The second kappa shape index (κ2) is 6.27. The molecule has 2 heterocycles. The number of aromatic nitrogens is 2. The Balaban J connectivity index is 1.66. The van der Waals surface area contributed by atoms with Gasteiger partial charge in [-0.15, -0.1) is 11.3 Å². The van der Waals surface area contributed by atoms with Gasteiger partial charge < -0.3 is 5.32 Å². The van der Waals surface area contributed by atoms with E-state index in [0.717, 1.165) is 10.1 Å². The van der Waals surface area contributed by atoms with Crippen LogP contribution in [0.15, 0.2) is 53.2 Å². The number of halogens is 2. The largest absolute Gasteiger partial charge is 0.301 e. The lowest BCUT2D eigenvalue weighted by atomic mass is 10.1. The lowest BCUT2D eigenvalue weighted by Crippen LogP contribution is -2.11. The van der Waals surface area contributed by atoms with Crippen LogP contribution in [0.3, 0.4) is 0 Å². The van der Waals surface area contributed by atoms with E-state index in [9.17, 15) is 9.18 Å². The highest BCUT2D eigenvalue weighted by atomic mass is 35.5. The molecule has 0 radical (unpaired) electrons. The van der Waals surface area contributed by atoms with E-state index in [1.807, 2.05) is 24.3 Å². The topological polar surface area (TPSA) is 68.0 Å². The fourth-order valence-electron chi connectivity index (χ4n) is 2.39. The van der Waals surface area contributed by atoms with E-state index in [-0.39, 0.29) is 11.6 Å². The van der Waals surface area contributed by atoms with Crippen molar-refractivity contribution in [3.8, 4) is 11.3 Å². The van der Waals surface area contributed by atoms with Crippen LogP contribution in [0.2, 0.25) is 5.02 Å². The standard InChI is InChI=1S/C17H9ClFN3O2S/c18-13-11-3-1-2-4-12(11)25-15(13)17(23)20-16-14(21-24-22-16)9-5-7-10(19)8-6-9/h1-8H,(H,20,22,23). The van der Waals surface area contributed by atoms with E-state index in [2.05, 4.69) is 15.6 Å². The summed E-state index contributed by atoms with van der Waals surface area (Å²) in [6.07, 6.45) is 0. The summed E-state index contributed by atoms with van der Waals surface area (Å²) in [5.74, 6) is -0.641. The minimum Gasteiger partial charge on any atom is -0.301 e. The number of nitrogens with one attached hydrogen (secondary N) is 1. The maximum atomic E-state index is 13.1. The second-order valence-electron chi connectivity index (χ2n) is 5.16. The van der Waals surface area contributed by atoms with Gasteiger partial charge >= 0.3 is 0 Å². The van der Waals surface area contributed by atoms with E-state index >= 15 is 0 Å². The van der Waals surface area contributed by atoms with E-state index in [1.165, 1.54) is 35.6 Å². The maximum Gasteiger partial charge on any atom is 0.268 e. The molecular formula is C17H9ClFN3O2S. The predicted molar refractivity (Wildman–Crippen MR) is 94.5 cm³/mol. The normalized spacial score (nSPS) is 11.0. The molecule has 0 fully saturated rings. The molecule has 25 heavy (non-hydrogen) atoms. The fraction of sp³-hybridized carbons (Fsp3) is 0. The maximum absolute atomic E-state index is 13.1. The molecule has 0 unspecified atom stereocenters. The highest BCUT2D eigenvalue weighted by Crippen LogP contribution is 2.36. The third-order valence-electron chi connectivity index (χ3n) is 3.58. The Labute approximate surface area is 150 Å². The Kier molecular flexibility index (Phi) is 3.95. The quantitative estimate of drug-likeness (QED) is 0.549. The highest BCUT2D eigenvalue weighted by molar-refractivity contribution is 7.21. The molecule has 0 aliphatic heterocycles. The van der Waals surface area contributed by atoms with Gasteiger partial charge in [0.1, 0.15) is 10.7 Å². The van der Waals surface area contributed by atoms with Crippen molar-refractivity contribution in [3.05, 3.63) is 64.2 Å². The van der Waals surface area contributed by atoms with Gasteiger partial charge in [0.2, 0.25) is 5.82 Å². The summed E-state index contributed by atoms with van der Waals surface area (Å²) >= 11 is 7.60. The first kappa shape index (κ1) is 15.7. The van der Waals surface area contributed by atoms with Crippen molar-refractivity contribution in [2.45, 2.75) is 0 Å². The number of hydrogen-bond acceptors (Lipinski definition) is 5. The number of thiophene rings is 1. The van der Waals surface area contributed by atoms with Crippen molar-refractivity contribution in [2.75, 3.05) is 5.32 Å². The predicted octanol–water partition coefficient (Wildman–Crippen LogP) is 5.00. The first-order chi connectivity index (χ1) is 12.1. The lowest BCUT2D eigenvalue weighted by molar-refractivity contribution is 0.102. The molecule has 0 spiro atoms. The Morgan fingerprint density at radius 2 is 1.88 bits per heavy atom. The first-order valence-corrected chi connectivity index (χ1v) is 8.40. The van der Waals surface area contributed by atoms with Gasteiger partial charge in [-0.25, -0.2) is 9.02 Å². The number of carbonyl (C=O) groups excluding carboxylic acids is 1. The van der Waals surface area contributed by atoms with Crippen LogP contribution < -0.4 is 5.32 Å². The van der Waals surface area contributed by atoms with E-state index < -0.39 is 5.91 Å².